The molecule has 0 bridgehead atoms. The van der Waals surface area contributed by atoms with Crippen molar-refractivity contribution in [2.75, 3.05) is 39.6 Å². The molecule has 0 aliphatic carbocycles. The monoisotopic (exact) mass is 578 g/mol. The van der Waals surface area contributed by atoms with Crippen molar-refractivity contribution in [1.82, 2.24) is 0 Å². The first-order valence-electron chi connectivity index (χ1n) is 12.1. The Balaban J connectivity index is 1.83. The van der Waals surface area contributed by atoms with Gasteiger partial charge in [0.05, 0.1) is 39.6 Å². The number of ether oxygens (including phenoxy) is 6. The molecule has 2 aliphatic rings. The molecule has 0 aromatic rings. The van der Waals surface area contributed by atoms with E-state index < -0.39 is 74.6 Å². The Labute approximate surface area is 227 Å². The van der Waals surface area contributed by atoms with Crippen LogP contribution in [0.4, 0.5) is 0 Å². The van der Waals surface area contributed by atoms with Crippen molar-refractivity contribution in [1.29, 1.82) is 0 Å². The van der Waals surface area contributed by atoms with Gasteiger partial charge in [-0.05, 0) is 5.41 Å². The van der Waals surface area contributed by atoms with Crippen molar-refractivity contribution in [2.45, 2.75) is 92.9 Å². The van der Waals surface area contributed by atoms with E-state index in [2.05, 4.69) is 25.3 Å². The van der Waals surface area contributed by atoms with Gasteiger partial charge < -0.3 is 64.2 Å². The quantitative estimate of drug-likeness (QED) is 0.0621. The molecule has 2 aliphatic heterocycles. The topological polar surface area (TPSA) is 197 Å². The van der Waals surface area contributed by atoms with Gasteiger partial charge in [-0.1, -0.05) is 20.8 Å². The molecule has 0 aromatic carbocycles. The number of aliphatic hydroxyl groups excluding tert-OH is 7. The fourth-order valence-corrected chi connectivity index (χ4v) is 4.40. The third-order valence-corrected chi connectivity index (χ3v) is 7.87. The fraction of sp³-hybridized carbons (Fsp3) is 1.00. The van der Waals surface area contributed by atoms with Crippen LogP contribution in [-0.4, -0.2) is 147 Å². The summed E-state index contributed by atoms with van der Waals surface area (Å²) in [5, 5.41) is 70.1. The Morgan fingerprint density at radius 3 is 1.89 bits per heavy atom. The van der Waals surface area contributed by atoms with Crippen LogP contribution in [-0.2, 0) is 28.4 Å². The van der Waals surface area contributed by atoms with E-state index in [0.717, 1.165) is 0 Å². The molecule has 15 heteroatoms. The highest BCUT2D eigenvalue weighted by atomic mass is 32.1. The lowest BCUT2D eigenvalue weighted by Gasteiger charge is -2.45. The Morgan fingerprint density at radius 1 is 0.730 bits per heavy atom. The third-order valence-electron chi connectivity index (χ3n) is 6.15. The van der Waals surface area contributed by atoms with Crippen molar-refractivity contribution < 1.29 is 64.2 Å². The SMILES string of the molecule is CC(C)(C)C(S)C(S)OCCOCCO[C@H]1O[C@H](CO)[C@H](O)[C@H](O[C@@H]2O[C@H](CO)[C@H](O)[C@H](O)[C@H]2O)[C@H]1O. The second kappa shape index (κ2) is 15.3. The van der Waals surface area contributed by atoms with Crippen molar-refractivity contribution in [3.05, 3.63) is 0 Å². The molecule has 2 saturated heterocycles. The molecule has 12 atom stereocenters. The van der Waals surface area contributed by atoms with Crippen LogP contribution in [0, 0.1) is 5.41 Å². The van der Waals surface area contributed by atoms with E-state index in [1.54, 1.807) is 0 Å². The molecule has 0 amide bonds. The second-order valence-electron chi connectivity index (χ2n) is 10.1. The van der Waals surface area contributed by atoms with Crippen molar-refractivity contribution >= 4 is 25.3 Å². The lowest BCUT2D eigenvalue weighted by atomic mass is 9.92. The molecular weight excluding hydrogens is 536 g/mol. The smallest absolute Gasteiger partial charge is 0.187 e. The van der Waals surface area contributed by atoms with Crippen LogP contribution >= 0.6 is 25.3 Å². The minimum atomic E-state index is -1.75. The molecule has 37 heavy (non-hydrogen) atoms. The molecule has 0 radical (unpaired) electrons. The van der Waals surface area contributed by atoms with Gasteiger partial charge in [0.2, 0.25) is 0 Å². The van der Waals surface area contributed by atoms with E-state index in [-0.39, 0.29) is 42.5 Å². The largest absolute Gasteiger partial charge is 0.394 e. The number of aliphatic hydroxyl groups is 7. The van der Waals surface area contributed by atoms with Gasteiger partial charge in [-0.3, -0.25) is 0 Å². The zero-order valence-corrected chi connectivity index (χ0v) is 22.9. The highest BCUT2D eigenvalue weighted by molar-refractivity contribution is 7.85. The van der Waals surface area contributed by atoms with E-state index in [1.165, 1.54) is 0 Å². The molecule has 0 spiro atoms. The predicted molar refractivity (Wildman–Crippen MR) is 134 cm³/mol. The summed E-state index contributed by atoms with van der Waals surface area (Å²) in [6.07, 6.45) is -15.1. The summed E-state index contributed by atoms with van der Waals surface area (Å²) in [7, 11) is 0. The molecule has 0 aromatic heterocycles. The van der Waals surface area contributed by atoms with Crippen LogP contribution in [0.25, 0.3) is 0 Å². The van der Waals surface area contributed by atoms with E-state index in [4.69, 9.17) is 28.4 Å². The van der Waals surface area contributed by atoms with Gasteiger partial charge in [0.1, 0.15) is 54.3 Å². The Hall–Kier alpha value is 0.180. The standard InChI is InChI=1S/C22H42O13S2/c1-22(2,3)18(36)21(37)32-7-5-30-4-6-31-19-16(29)17(13(26)11(9-24)33-19)35-20-15(28)14(27)12(25)10(8-23)34-20/h10-21,23-29,36-37H,4-9H2,1-3H3/t10-,11-,12+,13+,14+,15-,16-,17+,18?,19+,20+,21?/m1/s1. The highest BCUT2D eigenvalue weighted by Gasteiger charge is 2.50. The predicted octanol–water partition coefficient (Wildman–Crippen LogP) is -2.74. The van der Waals surface area contributed by atoms with Gasteiger partial charge in [0.15, 0.2) is 12.6 Å². The summed E-state index contributed by atoms with van der Waals surface area (Å²) >= 11 is 8.93. The summed E-state index contributed by atoms with van der Waals surface area (Å²) in [6, 6.07) is 0. The van der Waals surface area contributed by atoms with Crippen LogP contribution in [0.15, 0.2) is 0 Å². The molecule has 2 heterocycles. The van der Waals surface area contributed by atoms with E-state index in [1.807, 2.05) is 20.8 Å². The average Bonchev–Trinajstić information content (AvgIpc) is 2.85. The molecule has 2 rings (SSSR count). The van der Waals surface area contributed by atoms with Crippen LogP contribution < -0.4 is 0 Å². The van der Waals surface area contributed by atoms with Crippen molar-refractivity contribution in [3.8, 4) is 0 Å². The molecule has 0 saturated carbocycles. The van der Waals surface area contributed by atoms with Gasteiger partial charge in [-0.15, -0.1) is 12.6 Å². The van der Waals surface area contributed by atoms with E-state index >= 15 is 0 Å². The van der Waals surface area contributed by atoms with Gasteiger partial charge in [0, 0.05) is 5.25 Å². The second-order valence-corrected chi connectivity index (χ2v) is 11.1. The zero-order valence-electron chi connectivity index (χ0n) is 21.1. The lowest BCUT2D eigenvalue weighted by molar-refractivity contribution is -0.360. The van der Waals surface area contributed by atoms with Crippen LogP contribution in [0.3, 0.4) is 0 Å². The van der Waals surface area contributed by atoms with Crippen LogP contribution in [0.1, 0.15) is 20.8 Å². The lowest BCUT2D eigenvalue weighted by Crippen LogP contribution is -2.64. The minimum absolute atomic E-state index is 0.0236. The van der Waals surface area contributed by atoms with Gasteiger partial charge in [-0.25, -0.2) is 0 Å². The molecule has 2 fully saturated rings. The molecule has 2 unspecified atom stereocenters. The average molecular weight is 579 g/mol. The Bertz CT molecular complexity index is 655. The fourth-order valence-electron chi connectivity index (χ4n) is 3.76. The Morgan fingerprint density at radius 2 is 1.30 bits per heavy atom. The number of hydrogen-bond acceptors (Lipinski definition) is 15. The van der Waals surface area contributed by atoms with Crippen molar-refractivity contribution in [3.63, 3.8) is 0 Å². The molecular formula is C22H42O13S2. The van der Waals surface area contributed by atoms with Gasteiger partial charge in [0.25, 0.3) is 0 Å². The van der Waals surface area contributed by atoms with Crippen molar-refractivity contribution in [2.24, 2.45) is 5.41 Å². The summed E-state index contributed by atoms with van der Waals surface area (Å²) in [6.45, 7) is 5.40. The third kappa shape index (κ3) is 9.09. The zero-order chi connectivity index (χ0) is 27.9. The molecule has 13 nitrogen and oxygen atoms in total. The number of rotatable bonds is 13. The summed E-state index contributed by atoms with van der Waals surface area (Å²) in [5.41, 5.74) is -0.466. The minimum Gasteiger partial charge on any atom is -0.394 e. The normalized spacial score (nSPS) is 38.9. The summed E-state index contributed by atoms with van der Waals surface area (Å²) < 4.78 is 32.8. The van der Waals surface area contributed by atoms with Gasteiger partial charge >= 0.3 is 0 Å². The first-order valence-corrected chi connectivity index (χ1v) is 13.1. The van der Waals surface area contributed by atoms with Crippen LogP contribution in [0.5, 0.6) is 0 Å². The first kappa shape index (κ1) is 33.4. The number of hydrogen-bond donors (Lipinski definition) is 9. The highest BCUT2D eigenvalue weighted by Crippen LogP contribution is 2.30. The van der Waals surface area contributed by atoms with E-state index in [9.17, 15) is 35.7 Å². The summed E-state index contributed by atoms with van der Waals surface area (Å²) in [5.74, 6) is 0. The van der Waals surface area contributed by atoms with E-state index in [0.29, 0.717) is 0 Å². The molecule has 220 valence electrons. The van der Waals surface area contributed by atoms with Gasteiger partial charge in [-0.2, -0.15) is 12.6 Å². The molecule has 7 N–H and O–H groups in total. The summed E-state index contributed by atoms with van der Waals surface area (Å²) in [4.78, 5) is 0. The maximum atomic E-state index is 10.7. The first-order chi connectivity index (χ1) is 17.3. The maximum absolute atomic E-state index is 10.7. The number of thiol groups is 2. The Kier molecular flexibility index (Phi) is 13.8. The maximum Gasteiger partial charge on any atom is 0.187 e. The van der Waals surface area contributed by atoms with Crippen LogP contribution in [0.2, 0.25) is 0 Å².